The van der Waals surface area contributed by atoms with Crippen LogP contribution >= 0.6 is 0 Å². The molecule has 0 spiro atoms. The molecule has 2 aromatic rings. The van der Waals surface area contributed by atoms with Crippen LogP contribution in [0, 0.1) is 0 Å². The fraction of sp³-hybridized carbons (Fsp3) is 0.375. The summed E-state index contributed by atoms with van der Waals surface area (Å²) in [4.78, 5) is 19.5. The van der Waals surface area contributed by atoms with Crippen LogP contribution in [0.25, 0.3) is 0 Å². The minimum absolute atomic E-state index is 0.0647. The summed E-state index contributed by atoms with van der Waals surface area (Å²) < 4.78 is 0. The van der Waals surface area contributed by atoms with Crippen molar-refractivity contribution in [3.63, 3.8) is 0 Å². The summed E-state index contributed by atoms with van der Waals surface area (Å²) in [5.74, 6) is 0.809. The van der Waals surface area contributed by atoms with E-state index in [1.54, 1.807) is 6.07 Å². The van der Waals surface area contributed by atoms with Crippen molar-refractivity contribution in [2.24, 2.45) is 0 Å². The molecule has 1 heterocycles. The number of nitrogens with one attached hydrogen (secondary N) is 2. The standard InChI is InChI=1S/C16H19N3O/c1-2-17-11-13-10-14(20)19-15(18-13)16(8-9-16)12-6-4-3-5-7-12/h3-7,10,17H,2,8-9,11H2,1H3,(H,18,19,20). The number of nitrogens with zero attached hydrogens (tertiary/aromatic N) is 1. The Labute approximate surface area is 118 Å². The average molecular weight is 269 g/mol. The highest BCUT2D eigenvalue weighted by atomic mass is 16.1. The largest absolute Gasteiger partial charge is 0.311 e. The molecule has 1 fully saturated rings. The van der Waals surface area contributed by atoms with Crippen molar-refractivity contribution < 1.29 is 0 Å². The Morgan fingerprint density at radius 3 is 2.70 bits per heavy atom. The van der Waals surface area contributed by atoms with Crippen molar-refractivity contribution in [1.29, 1.82) is 0 Å². The van der Waals surface area contributed by atoms with Crippen LogP contribution in [-0.2, 0) is 12.0 Å². The van der Waals surface area contributed by atoms with E-state index >= 15 is 0 Å². The molecule has 20 heavy (non-hydrogen) atoms. The molecule has 4 heteroatoms. The van der Waals surface area contributed by atoms with E-state index in [0.717, 1.165) is 30.9 Å². The number of hydrogen-bond donors (Lipinski definition) is 2. The van der Waals surface area contributed by atoms with E-state index in [1.807, 2.05) is 25.1 Å². The van der Waals surface area contributed by atoms with Gasteiger partial charge in [-0.2, -0.15) is 0 Å². The van der Waals surface area contributed by atoms with Gasteiger partial charge in [-0.15, -0.1) is 0 Å². The van der Waals surface area contributed by atoms with E-state index in [4.69, 9.17) is 0 Å². The van der Waals surface area contributed by atoms with Gasteiger partial charge in [-0.05, 0) is 24.9 Å². The second-order valence-electron chi connectivity index (χ2n) is 5.31. The lowest BCUT2D eigenvalue weighted by molar-refractivity contribution is 0.677. The quantitative estimate of drug-likeness (QED) is 0.872. The first kappa shape index (κ1) is 13.1. The van der Waals surface area contributed by atoms with E-state index in [1.165, 1.54) is 5.56 Å². The predicted molar refractivity (Wildman–Crippen MR) is 78.7 cm³/mol. The predicted octanol–water partition coefficient (Wildman–Crippen LogP) is 1.96. The van der Waals surface area contributed by atoms with Gasteiger partial charge in [0.05, 0.1) is 11.1 Å². The fourth-order valence-corrected chi connectivity index (χ4v) is 2.62. The molecule has 0 aliphatic heterocycles. The summed E-state index contributed by atoms with van der Waals surface area (Å²) in [6, 6.07) is 11.9. The molecular weight excluding hydrogens is 250 g/mol. The smallest absolute Gasteiger partial charge is 0.251 e. The molecular formula is C16H19N3O. The van der Waals surface area contributed by atoms with Crippen molar-refractivity contribution in [2.75, 3.05) is 6.54 Å². The van der Waals surface area contributed by atoms with E-state index < -0.39 is 0 Å². The zero-order valence-electron chi connectivity index (χ0n) is 11.6. The van der Waals surface area contributed by atoms with E-state index in [0.29, 0.717) is 6.54 Å². The molecule has 0 radical (unpaired) electrons. The van der Waals surface area contributed by atoms with Crippen molar-refractivity contribution in [1.82, 2.24) is 15.3 Å². The third kappa shape index (κ3) is 2.39. The third-order valence-corrected chi connectivity index (χ3v) is 3.88. The van der Waals surface area contributed by atoms with Crippen LogP contribution in [0.2, 0.25) is 0 Å². The van der Waals surface area contributed by atoms with Crippen molar-refractivity contribution >= 4 is 0 Å². The maximum atomic E-state index is 11.9. The number of hydrogen-bond acceptors (Lipinski definition) is 3. The summed E-state index contributed by atoms with van der Waals surface area (Å²) in [5.41, 5.74) is 1.91. The molecule has 1 aromatic heterocycles. The van der Waals surface area contributed by atoms with Gasteiger partial charge in [0.15, 0.2) is 0 Å². The topological polar surface area (TPSA) is 57.8 Å². The van der Waals surface area contributed by atoms with Crippen LogP contribution in [0.15, 0.2) is 41.2 Å². The molecule has 1 aromatic carbocycles. The Morgan fingerprint density at radius 2 is 2.05 bits per heavy atom. The van der Waals surface area contributed by atoms with Crippen LogP contribution in [0.3, 0.4) is 0 Å². The number of benzene rings is 1. The molecule has 0 saturated heterocycles. The van der Waals surface area contributed by atoms with Gasteiger partial charge >= 0.3 is 0 Å². The van der Waals surface area contributed by atoms with Crippen molar-refractivity contribution in [3.8, 4) is 0 Å². The monoisotopic (exact) mass is 269 g/mol. The Hall–Kier alpha value is -1.94. The highest BCUT2D eigenvalue weighted by Crippen LogP contribution is 2.51. The lowest BCUT2D eigenvalue weighted by Gasteiger charge is -2.15. The number of rotatable bonds is 5. The Kier molecular flexibility index (Phi) is 3.40. The fourth-order valence-electron chi connectivity index (χ4n) is 2.62. The van der Waals surface area contributed by atoms with Gasteiger partial charge in [0.2, 0.25) is 0 Å². The maximum Gasteiger partial charge on any atom is 0.251 e. The second-order valence-corrected chi connectivity index (χ2v) is 5.31. The summed E-state index contributed by atoms with van der Waals surface area (Å²) in [6.07, 6.45) is 2.09. The molecule has 0 atom stereocenters. The van der Waals surface area contributed by atoms with Crippen molar-refractivity contribution in [2.45, 2.75) is 31.7 Å². The molecule has 1 aliphatic rings. The molecule has 1 saturated carbocycles. The summed E-state index contributed by atoms with van der Waals surface area (Å²) in [6.45, 7) is 3.55. The van der Waals surface area contributed by atoms with Gasteiger partial charge in [-0.3, -0.25) is 4.79 Å². The normalized spacial score (nSPS) is 16.1. The van der Waals surface area contributed by atoms with Crippen LogP contribution < -0.4 is 10.9 Å². The maximum absolute atomic E-state index is 11.9. The van der Waals surface area contributed by atoms with E-state index in [2.05, 4.69) is 27.4 Å². The lowest BCUT2D eigenvalue weighted by atomic mass is 9.95. The highest BCUT2D eigenvalue weighted by Gasteiger charge is 2.48. The summed E-state index contributed by atoms with van der Waals surface area (Å²) in [5, 5.41) is 3.22. The molecule has 3 rings (SSSR count). The zero-order chi connectivity index (χ0) is 14.0. The SMILES string of the molecule is CCNCc1cc(=O)[nH]c(C2(c3ccccc3)CC2)n1. The molecule has 0 unspecified atom stereocenters. The second kappa shape index (κ2) is 5.21. The zero-order valence-corrected chi connectivity index (χ0v) is 11.6. The van der Waals surface area contributed by atoms with Gasteiger partial charge < -0.3 is 10.3 Å². The van der Waals surface area contributed by atoms with Crippen LogP contribution in [-0.4, -0.2) is 16.5 Å². The molecule has 104 valence electrons. The number of aromatic nitrogens is 2. The minimum Gasteiger partial charge on any atom is -0.311 e. The van der Waals surface area contributed by atoms with Crippen LogP contribution in [0.1, 0.15) is 36.8 Å². The first-order chi connectivity index (χ1) is 9.74. The Bertz CT molecular complexity index is 644. The number of H-pyrrole nitrogens is 1. The first-order valence-corrected chi connectivity index (χ1v) is 7.11. The summed E-state index contributed by atoms with van der Waals surface area (Å²) in [7, 11) is 0. The van der Waals surface area contributed by atoms with Gasteiger partial charge in [-0.1, -0.05) is 37.3 Å². The van der Waals surface area contributed by atoms with E-state index in [-0.39, 0.29) is 11.0 Å². The van der Waals surface area contributed by atoms with Gasteiger partial charge in [0.1, 0.15) is 5.82 Å². The lowest BCUT2D eigenvalue weighted by Crippen LogP contribution is -2.23. The van der Waals surface area contributed by atoms with Gasteiger partial charge in [0.25, 0.3) is 5.56 Å². The summed E-state index contributed by atoms with van der Waals surface area (Å²) >= 11 is 0. The first-order valence-electron chi connectivity index (χ1n) is 7.11. The van der Waals surface area contributed by atoms with Crippen molar-refractivity contribution in [3.05, 3.63) is 63.8 Å². The van der Waals surface area contributed by atoms with Gasteiger partial charge in [0, 0.05) is 12.6 Å². The molecule has 0 amide bonds. The molecule has 0 bridgehead atoms. The third-order valence-electron chi connectivity index (χ3n) is 3.88. The van der Waals surface area contributed by atoms with Crippen LogP contribution in [0.4, 0.5) is 0 Å². The Morgan fingerprint density at radius 1 is 1.30 bits per heavy atom. The van der Waals surface area contributed by atoms with E-state index in [9.17, 15) is 4.79 Å². The van der Waals surface area contributed by atoms with Gasteiger partial charge in [-0.25, -0.2) is 4.98 Å². The van der Waals surface area contributed by atoms with Crippen LogP contribution in [0.5, 0.6) is 0 Å². The highest BCUT2D eigenvalue weighted by molar-refractivity contribution is 5.39. The Balaban J connectivity index is 1.98. The minimum atomic E-state index is -0.0807. The average Bonchev–Trinajstić information content (AvgIpc) is 3.27. The molecule has 4 nitrogen and oxygen atoms in total. The number of aromatic amines is 1. The molecule has 2 N–H and O–H groups in total. The molecule has 1 aliphatic carbocycles.